The minimum Gasteiger partial charge on any atom is -0.369 e. The molecule has 23 heavy (non-hydrogen) atoms. The number of primary amides is 1. The normalized spacial score (nSPS) is 38.5. The molecule has 1 amide bonds. The molecular weight excluding hydrogens is 286 g/mol. The van der Waals surface area contributed by atoms with Crippen LogP contribution in [-0.4, -0.2) is 54.5 Å². The van der Waals surface area contributed by atoms with Crippen LogP contribution in [0.15, 0.2) is 0 Å². The maximum absolute atomic E-state index is 12.6. The molecule has 132 valence electrons. The second kappa shape index (κ2) is 6.72. The van der Waals surface area contributed by atoms with Gasteiger partial charge in [0.2, 0.25) is 5.91 Å². The van der Waals surface area contributed by atoms with Gasteiger partial charge in [-0.25, -0.2) is 0 Å². The number of nitrogens with two attached hydrogens (primary N) is 1. The van der Waals surface area contributed by atoms with Gasteiger partial charge in [-0.05, 0) is 45.6 Å². The van der Waals surface area contributed by atoms with Crippen LogP contribution in [-0.2, 0) is 4.79 Å². The number of hydrogen-bond donors (Lipinski definition) is 1. The lowest BCUT2D eigenvalue weighted by atomic mass is 9.53. The number of rotatable bonds is 3. The summed E-state index contributed by atoms with van der Waals surface area (Å²) in [6, 6.07) is 0. The molecular formula is C19H35N3O. The smallest absolute Gasteiger partial charge is 0.225 e. The first-order chi connectivity index (χ1) is 11.0. The van der Waals surface area contributed by atoms with Gasteiger partial charge in [0.25, 0.3) is 0 Å². The Morgan fingerprint density at radius 2 is 1.57 bits per heavy atom. The second-order valence-electron chi connectivity index (χ2n) is 8.45. The van der Waals surface area contributed by atoms with Crippen LogP contribution in [0.5, 0.6) is 0 Å². The summed E-state index contributed by atoms with van der Waals surface area (Å²) in [6.45, 7) is 6.61. The molecule has 1 aliphatic heterocycles. The molecule has 4 nitrogen and oxygen atoms in total. The summed E-state index contributed by atoms with van der Waals surface area (Å²) in [5.74, 6) is 0.596. The van der Waals surface area contributed by atoms with Crippen LogP contribution in [0.4, 0.5) is 0 Å². The lowest BCUT2D eigenvalue weighted by molar-refractivity contribution is -0.156. The van der Waals surface area contributed by atoms with E-state index in [1.165, 1.54) is 44.9 Å². The minimum atomic E-state index is -0.358. The van der Waals surface area contributed by atoms with E-state index in [2.05, 4.69) is 23.8 Å². The Morgan fingerprint density at radius 3 is 2.17 bits per heavy atom. The molecule has 2 saturated carbocycles. The highest BCUT2D eigenvalue weighted by Crippen LogP contribution is 2.55. The van der Waals surface area contributed by atoms with Crippen molar-refractivity contribution >= 4 is 5.91 Å². The number of nitrogens with zero attached hydrogens (tertiary/aromatic N) is 2. The summed E-state index contributed by atoms with van der Waals surface area (Å²) in [7, 11) is 2.21. The molecule has 2 atom stereocenters. The van der Waals surface area contributed by atoms with Crippen molar-refractivity contribution in [1.82, 2.24) is 9.80 Å². The predicted octanol–water partition coefficient (Wildman–Crippen LogP) is 2.62. The third-order valence-corrected chi connectivity index (χ3v) is 7.33. The molecule has 4 heteroatoms. The Hall–Kier alpha value is -0.610. The molecule has 3 rings (SSSR count). The third kappa shape index (κ3) is 2.82. The molecule has 0 aromatic rings. The Kier molecular flexibility index (Phi) is 5.03. The van der Waals surface area contributed by atoms with Gasteiger partial charge in [-0.15, -0.1) is 0 Å². The molecule has 3 fully saturated rings. The fourth-order valence-corrected chi connectivity index (χ4v) is 5.91. The zero-order valence-electron chi connectivity index (χ0n) is 15.1. The third-order valence-electron chi connectivity index (χ3n) is 7.33. The van der Waals surface area contributed by atoms with Gasteiger partial charge >= 0.3 is 0 Å². The van der Waals surface area contributed by atoms with Crippen molar-refractivity contribution in [3.63, 3.8) is 0 Å². The van der Waals surface area contributed by atoms with Crippen molar-refractivity contribution in [1.29, 1.82) is 0 Å². The predicted molar refractivity (Wildman–Crippen MR) is 94.1 cm³/mol. The lowest BCUT2D eigenvalue weighted by Crippen LogP contribution is -2.70. The number of amides is 1. The van der Waals surface area contributed by atoms with Crippen LogP contribution < -0.4 is 5.73 Å². The minimum absolute atomic E-state index is 0.0127. The molecule has 1 saturated heterocycles. The van der Waals surface area contributed by atoms with E-state index in [9.17, 15) is 4.79 Å². The van der Waals surface area contributed by atoms with Gasteiger partial charge in [0, 0.05) is 31.7 Å². The SMILES string of the molecule is CN1CCN(C2(C3CCCCC3)CCCCC2(C)C(N)=O)CC1. The molecule has 0 aromatic heterocycles. The highest BCUT2D eigenvalue weighted by atomic mass is 16.1. The molecule has 0 spiro atoms. The largest absolute Gasteiger partial charge is 0.369 e. The number of carbonyl (C=O) groups excluding carboxylic acids is 1. The average molecular weight is 322 g/mol. The van der Waals surface area contributed by atoms with Gasteiger partial charge in [0.15, 0.2) is 0 Å². The van der Waals surface area contributed by atoms with Crippen molar-refractivity contribution in [2.24, 2.45) is 17.1 Å². The van der Waals surface area contributed by atoms with Crippen LogP contribution >= 0.6 is 0 Å². The summed E-state index contributed by atoms with van der Waals surface area (Å²) in [6.07, 6.45) is 11.1. The van der Waals surface area contributed by atoms with E-state index in [4.69, 9.17) is 5.73 Å². The van der Waals surface area contributed by atoms with Gasteiger partial charge < -0.3 is 10.6 Å². The van der Waals surface area contributed by atoms with Crippen LogP contribution in [0.3, 0.4) is 0 Å². The zero-order chi connectivity index (χ0) is 16.5. The topological polar surface area (TPSA) is 49.6 Å². The fraction of sp³-hybridized carbons (Fsp3) is 0.947. The standard InChI is InChI=1S/C19H35N3O/c1-18(17(20)23)10-6-7-11-19(18,16-8-4-3-5-9-16)22-14-12-21(2)13-15-22/h16H,3-15H2,1-2H3,(H2,20,23). The zero-order valence-corrected chi connectivity index (χ0v) is 15.1. The van der Waals surface area contributed by atoms with Crippen LogP contribution in [0, 0.1) is 11.3 Å². The van der Waals surface area contributed by atoms with E-state index >= 15 is 0 Å². The Labute approximate surface area is 141 Å². The number of piperazine rings is 1. The highest BCUT2D eigenvalue weighted by Gasteiger charge is 2.59. The van der Waals surface area contributed by atoms with Crippen LogP contribution in [0.1, 0.15) is 64.7 Å². The van der Waals surface area contributed by atoms with Crippen LogP contribution in [0.25, 0.3) is 0 Å². The average Bonchev–Trinajstić information content (AvgIpc) is 2.57. The summed E-state index contributed by atoms with van der Waals surface area (Å²) in [5.41, 5.74) is 5.70. The van der Waals surface area contributed by atoms with E-state index in [-0.39, 0.29) is 16.9 Å². The molecule has 2 N–H and O–H groups in total. The van der Waals surface area contributed by atoms with Gasteiger partial charge in [-0.3, -0.25) is 9.69 Å². The van der Waals surface area contributed by atoms with Gasteiger partial charge in [-0.2, -0.15) is 0 Å². The Morgan fingerprint density at radius 1 is 0.957 bits per heavy atom. The Balaban J connectivity index is 1.99. The molecule has 2 aliphatic carbocycles. The van der Waals surface area contributed by atoms with Crippen molar-refractivity contribution < 1.29 is 4.79 Å². The van der Waals surface area contributed by atoms with E-state index in [1.54, 1.807) is 0 Å². The van der Waals surface area contributed by atoms with E-state index in [0.29, 0.717) is 5.92 Å². The van der Waals surface area contributed by atoms with Crippen molar-refractivity contribution in [3.8, 4) is 0 Å². The maximum atomic E-state index is 12.6. The molecule has 3 aliphatic rings. The van der Waals surface area contributed by atoms with Crippen molar-refractivity contribution in [3.05, 3.63) is 0 Å². The van der Waals surface area contributed by atoms with E-state index < -0.39 is 0 Å². The number of likely N-dealkylation sites (N-methyl/N-ethyl adjacent to an activating group) is 1. The molecule has 1 heterocycles. The summed E-state index contributed by atoms with van der Waals surface area (Å²) in [4.78, 5) is 17.7. The molecule has 0 radical (unpaired) electrons. The molecule has 2 unspecified atom stereocenters. The molecule has 0 aromatic carbocycles. The number of carbonyl (C=O) groups is 1. The first kappa shape index (κ1) is 17.2. The van der Waals surface area contributed by atoms with E-state index in [1.807, 2.05) is 0 Å². The summed E-state index contributed by atoms with van der Waals surface area (Å²) < 4.78 is 0. The summed E-state index contributed by atoms with van der Waals surface area (Å²) in [5, 5.41) is 0. The summed E-state index contributed by atoms with van der Waals surface area (Å²) >= 11 is 0. The first-order valence-corrected chi connectivity index (χ1v) is 9.74. The lowest BCUT2D eigenvalue weighted by Gasteiger charge is -2.61. The second-order valence-corrected chi connectivity index (χ2v) is 8.45. The monoisotopic (exact) mass is 321 g/mol. The molecule has 0 bridgehead atoms. The number of hydrogen-bond acceptors (Lipinski definition) is 3. The van der Waals surface area contributed by atoms with Crippen LogP contribution in [0.2, 0.25) is 0 Å². The van der Waals surface area contributed by atoms with Gasteiger partial charge in [0.1, 0.15) is 0 Å². The highest BCUT2D eigenvalue weighted by molar-refractivity contribution is 5.82. The fourth-order valence-electron chi connectivity index (χ4n) is 5.91. The van der Waals surface area contributed by atoms with Crippen molar-refractivity contribution in [2.45, 2.75) is 70.3 Å². The maximum Gasteiger partial charge on any atom is 0.225 e. The first-order valence-electron chi connectivity index (χ1n) is 9.74. The Bertz CT molecular complexity index is 426. The van der Waals surface area contributed by atoms with E-state index in [0.717, 1.165) is 39.0 Å². The van der Waals surface area contributed by atoms with Crippen molar-refractivity contribution in [2.75, 3.05) is 33.2 Å². The van der Waals surface area contributed by atoms with Gasteiger partial charge in [-0.1, -0.05) is 32.1 Å². The quantitative estimate of drug-likeness (QED) is 0.869. The van der Waals surface area contributed by atoms with Gasteiger partial charge in [0.05, 0.1) is 5.41 Å².